The van der Waals surface area contributed by atoms with Gasteiger partial charge in [0.15, 0.2) is 0 Å². The molecule has 0 aliphatic rings. The van der Waals surface area contributed by atoms with Gasteiger partial charge in [-0.15, -0.1) is 10.2 Å². The first-order valence-corrected chi connectivity index (χ1v) is 6.49. The molecule has 1 heterocycles. The Balaban J connectivity index is 1.75. The Morgan fingerprint density at radius 3 is 2.29 bits per heavy atom. The highest BCUT2D eigenvalue weighted by atomic mass is 15.3. The minimum Gasteiger partial charge on any atom is -0.345 e. The lowest BCUT2D eigenvalue weighted by Gasteiger charge is -2.19. The van der Waals surface area contributed by atoms with Crippen molar-refractivity contribution in [1.29, 1.82) is 0 Å². The van der Waals surface area contributed by atoms with Crippen LogP contribution in [0.2, 0.25) is 0 Å². The topological polar surface area (TPSA) is 69.5 Å². The van der Waals surface area contributed by atoms with Crippen molar-refractivity contribution in [3.05, 3.63) is 60.9 Å². The third-order valence-corrected chi connectivity index (χ3v) is 3.04. The molecule has 0 unspecified atom stereocenters. The number of benzene rings is 2. The number of anilines is 2. The fraction of sp³-hybridized carbons (Fsp3) is 0.0667. The monoisotopic (exact) mass is 278 g/mol. The highest BCUT2D eigenvalue weighted by molar-refractivity contribution is 5.63. The third kappa shape index (κ3) is 3.11. The van der Waals surface area contributed by atoms with Gasteiger partial charge >= 0.3 is 0 Å². The molecule has 3 rings (SSSR count). The molecule has 0 atom stereocenters. The van der Waals surface area contributed by atoms with E-state index in [1.54, 1.807) is 0 Å². The van der Waals surface area contributed by atoms with Crippen molar-refractivity contribution in [2.45, 2.75) is 0 Å². The smallest absolute Gasteiger partial charge is 0.264 e. The van der Waals surface area contributed by atoms with Crippen LogP contribution in [0, 0.1) is 0 Å². The summed E-state index contributed by atoms with van der Waals surface area (Å²) in [5, 5.41) is 14.4. The minimum atomic E-state index is 0.389. The zero-order chi connectivity index (χ0) is 14.5. The molecule has 0 saturated carbocycles. The van der Waals surface area contributed by atoms with Crippen molar-refractivity contribution in [2.75, 3.05) is 11.9 Å². The van der Waals surface area contributed by atoms with Gasteiger partial charge in [-0.2, -0.15) is 10.1 Å². The van der Waals surface area contributed by atoms with E-state index in [1.165, 1.54) is 6.33 Å². The van der Waals surface area contributed by atoms with Gasteiger partial charge in [0.2, 0.25) is 0 Å². The number of aromatic amines is 1. The zero-order valence-corrected chi connectivity index (χ0v) is 11.5. The predicted octanol–water partition coefficient (Wildman–Crippen LogP) is 3.99. The molecule has 0 aliphatic carbocycles. The van der Waals surface area contributed by atoms with Crippen molar-refractivity contribution in [3.8, 4) is 0 Å². The lowest BCUT2D eigenvalue weighted by Crippen LogP contribution is -2.08. The van der Waals surface area contributed by atoms with Crippen LogP contribution in [0.1, 0.15) is 0 Å². The summed E-state index contributed by atoms with van der Waals surface area (Å²) in [6.45, 7) is 0. The van der Waals surface area contributed by atoms with E-state index in [0.717, 1.165) is 17.1 Å². The van der Waals surface area contributed by atoms with E-state index in [2.05, 4.69) is 42.4 Å². The molecule has 0 aliphatic heterocycles. The Morgan fingerprint density at radius 2 is 1.62 bits per heavy atom. The zero-order valence-electron chi connectivity index (χ0n) is 11.5. The summed E-state index contributed by atoms with van der Waals surface area (Å²) in [6, 6.07) is 18.0. The molecule has 3 aromatic rings. The molecule has 0 radical (unpaired) electrons. The SMILES string of the molecule is CN(c1ccccc1)c1ccc(N=Nc2ncn[nH]2)cc1. The highest BCUT2D eigenvalue weighted by Crippen LogP contribution is 2.25. The van der Waals surface area contributed by atoms with Crippen molar-refractivity contribution in [2.24, 2.45) is 10.2 Å². The van der Waals surface area contributed by atoms with Gasteiger partial charge in [0.1, 0.15) is 6.33 Å². The number of para-hydroxylation sites is 1. The maximum atomic E-state index is 4.09. The van der Waals surface area contributed by atoms with Crippen LogP contribution < -0.4 is 4.90 Å². The summed E-state index contributed by atoms with van der Waals surface area (Å²) in [4.78, 5) is 5.99. The second-order valence-electron chi connectivity index (χ2n) is 4.42. The average Bonchev–Trinajstić information content (AvgIpc) is 3.07. The van der Waals surface area contributed by atoms with Gasteiger partial charge in [-0.05, 0) is 36.4 Å². The molecule has 0 saturated heterocycles. The van der Waals surface area contributed by atoms with Crippen molar-refractivity contribution in [3.63, 3.8) is 0 Å². The average molecular weight is 278 g/mol. The van der Waals surface area contributed by atoms with E-state index in [0.29, 0.717) is 5.95 Å². The molecule has 0 bridgehead atoms. The summed E-state index contributed by atoms with van der Waals surface area (Å²) >= 11 is 0. The normalized spacial score (nSPS) is 10.9. The van der Waals surface area contributed by atoms with Crippen LogP contribution >= 0.6 is 0 Å². The van der Waals surface area contributed by atoms with E-state index in [1.807, 2.05) is 49.5 Å². The van der Waals surface area contributed by atoms with Crippen LogP contribution in [0.15, 0.2) is 71.2 Å². The van der Waals surface area contributed by atoms with Crippen LogP contribution in [0.5, 0.6) is 0 Å². The standard InChI is InChI=1S/C15H14N6/c1-21(13-5-3-2-4-6-13)14-9-7-12(8-10-14)18-20-15-16-11-17-19-15/h2-11H,1H3,(H,16,17,19). The Labute approximate surface area is 122 Å². The van der Waals surface area contributed by atoms with Gasteiger partial charge < -0.3 is 4.90 Å². The maximum absolute atomic E-state index is 4.09. The summed E-state index contributed by atoms with van der Waals surface area (Å²) in [6.07, 6.45) is 1.40. The van der Waals surface area contributed by atoms with Crippen molar-refractivity contribution < 1.29 is 0 Å². The number of hydrogen-bond acceptors (Lipinski definition) is 5. The van der Waals surface area contributed by atoms with Gasteiger partial charge in [0.05, 0.1) is 5.69 Å². The van der Waals surface area contributed by atoms with E-state index < -0.39 is 0 Å². The Morgan fingerprint density at radius 1 is 0.905 bits per heavy atom. The first-order chi connectivity index (χ1) is 10.3. The molecule has 1 N–H and O–H groups in total. The number of azo groups is 1. The van der Waals surface area contributed by atoms with E-state index >= 15 is 0 Å². The Bertz CT molecular complexity index is 704. The fourth-order valence-electron chi connectivity index (χ4n) is 1.90. The lowest BCUT2D eigenvalue weighted by atomic mass is 10.2. The van der Waals surface area contributed by atoms with Gasteiger partial charge in [0.25, 0.3) is 5.95 Å². The van der Waals surface area contributed by atoms with Gasteiger partial charge in [-0.3, -0.25) is 0 Å². The summed E-state index contributed by atoms with van der Waals surface area (Å²) in [5.41, 5.74) is 2.98. The van der Waals surface area contributed by atoms with Crippen LogP contribution in [0.3, 0.4) is 0 Å². The predicted molar refractivity (Wildman–Crippen MR) is 81.5 cm³/mol. The highest BCUT2D eigenvalue weighted by Gasteiger charge is 2.02. The van der Waals surface area contributed by atoms with Gasteiger partial charge in [-0.1, -0.05) is 18.2 Å². The summed E-state index contributed by atoms with van der Waals surface area (Å²) < 4.78 is 0. The molecule has 1 aromatic heterocycles. The first kappa shape index (κ1) is 13.0. The van der Waals surface area contributed by atoms with E-state index in [-0.39, 0.29) is 0 Å². The fourth-order valence-corrected chi connectivity index (χ4v) is 1.90. The van der Waals surface area contributed by atoms with Crippen LogP contribution in [-0.2, 0) is 0 Å². The Hall–Kier alpha value is -3.02. The molecule has 6 nitrogen and oxygen atoms in total. The number of nitrogens with zero attached hydrogens (tertiary/aromatic N) is 5. The first-order valence-electron chi connectivity index (χ1n) is 6.49. The lowest BCUT2D eigenvalue weighted by molar-refractivity contribution is 1.05. The maximum Gasteiger partial charge on any atom is 0.264 e. The second kappa shape index (κ2) is 5.96. The van der Waals surface area contributed by atoms with Gasteiger partial charge in [-0.25, -0.2) is 5.10 Å². The number of H-pyrrole nitrogens is 1. The minimum absolute atomic E-state index is 0.389. The van der Waals surface area contributed by atoms with E-state index in [9.17, 15) is 0 Å². The number of aromatic nitrogens is 3. The van der Waals surface area contributed by atoms with Gasteiger partial charge in [0, 0.05) is 18.4 Å². The van der Waals surface area contributed by atoms with E-state index in [4.69, 9.17) is 0 Å². The molecule has 2 aromatic carbocycles. The number of nitrogens with one attached hydrogen (secondary N) is 1. The molecule has 6 heteroatoms. The van der Waals surface area contributed by atoms with Crippen molar-refractivity contribution >= 4 is 23.0 Å². The molecular formula is C15H14N6. The molecule has 104 valence electrons. The number of hydrogen-bond donors (Lipinski definition) is 1. The molecular weight excluding hydrogens is 264 g/mol. The third-order valence-electron chi connectivity index (χ3n) is 3.04. The molecule has 0 fully saturated rings. The summed E-state index contributed by atoms with van der Waals surface area (Å²) in [5.74, 6) is 0.389. The molecule has 0 amide bonds. The molecule has 0 spiro atoms. The summed E-state index contributed by atoms with van der Waals surface area (Å²) in [7, 11) is 2.03. The number of rotatable bonds is 4. The van der Waals surface area contributed by atoms with Crippen LogP contribution in [0.25, 0.3) is 0 Å². The van der Waals surface area contributed by atoms with Crippen molar-refractivity contribution in [1.82, 2.24) is 15.2 Å². The Kier molecular flexibility index (Phi) is 3.68. The molecule has 21 heavy (non-hydrogen) atoms. The quantitative estimate of drug-likeness (QED) is 0.733. The van der Waals surface area contributed by atoms with Crippen LogP contribution in [0.4, 0.5) is 23.0 Å². The second-order valence-corrected chi connectivity index (χ2v) is 4.42. The van der Waals surface area contributed by atoms with Crippen LogP contribution in [-0.4, -0.2) is 22.2 Å². The largest absolute Gasteiger partial charge is 0.345 e.